The zero-order chi connectivity index (χ0) is 21.8. The number of nitrogens with zero attached hydrogens (tertiary/aromatic N) is 4. The smallest absolute Gasteiger partial charge is 0.307 e. The van der Waals surface area contributed by atoms with Crippen LogP contribution in [0.2, 0.25) is 0 Å². The molecule has 0 bridgehead atoms. The molecular weight excluding hydrogens is 416 g/mol. The van der Waals surface area contributed by atoms with E-state index in [0.29, 0.717) is 23.9 Å². The number of aromatic nitrogens is 3. The average molecular weight is 441 g/mol. The van der Waals surface area contributed by atoms with Gasteiger partial charge in [0.05, 0.1) is 33.4 Å². The maximum Gasteiger partial charge on any atom is 0.307 e. The van der Waals surface area contributed by atoms with Crippen molar-refractivity contribution in [2.75, 3.05) is 27.9 Å². The van der Waals surface area contributed by atoms with Crippen LogP contribution in [-0.2, 0) is 22.5 Å². The second-order valence-electron chi connectivity index (χ2n) is 7.14. The Balaban J connectivity index is 1.63. The number of thiazole rings is 1. The fourth-order valence-electron chi connectivity index (χ4n) is 3.85. The second-order valence-corrected chi connectivity index (χ2v) is 8.00. The maximum atomic E-state index is 12.2. The first-order chi connectivity index (χ1) is 15.1. The van der Waals surface area contributed by atoms with Gasteiger partial charge in [-0.1, -0.05) is 0 Å². The molecule has 0 spiro atoms. The first-order valence-corrected chi connectivity index (χ1v) is 10.8. The summed E-state index contributed by atoms with van der Waals surface area (Å²) in [5.41, 5.74) is 3.13. The zero-order valence-corrected chi connectivity index (χ0v) is 18.5. The minimum absolute atomic E-state index is 0.144. The Bertz CT molecular complexity index is 1060. The molecule has 3 aromatic rings. The fraction of sp³-hybridized carbons (Fsp3) is 0.364. The van der Waals surface area contributed by atoms with Crippen molar-refractivity contribution < 1.29 is 19.0 Å². The summed E-state index contributed by atoms with van der Waals surface area (Å²) in [5, 5.41) is 2.80. The number of esters is 1. The quantitative estimate of drug-likeness (QED) is 0.518. The SMILES string of the molecule is COC(=O)C[C@@H]1c2cc(OC)c(OC)cc2CCN1Cc1csc(-c2ncccn2)n1. The molecule has 9 heteroatoms. The number of rotatable bonds is 7. The number of ether oxygens (including phenoxy) is 3. The van der Waals surface area contributed by atoms with Crippen LogP contribution >= 0.6 is 11.3 Å². The van der Waals surface area contributed by atoms with E-state index in [1.54, 1.807) is 32.7 Å². The molecule has 0 saturated heterocycles. The first kappa shape index (κ1) is 21.2. The van der Waals surface area contributed by atoms with Gasteiger partial charge in [0.15, 0.2) is 22.3 Å². The van der Waals surface area contributed by atoms with Gasteiger partial charge in [-0.05, 0) is 35.7 Å². The van der Waals surface area contributed by atoms with Crippen molar-refractivity contribution in [2.24, 2.45) is 0 Å². The molecule has 0 fully saturated rings. The molecule has 1 aliphatic rings. The van der Waals surface area contributed by atoms with Crippen molar-refractivity contribution in [3.8, 4) is 22.3 Å². The van der Waals surface area contributed by atoms with Gasteiger partial charge in [-0.3, -0.25) is 9.69 Å². The van der Waals surface area contributed by atoms with Crippen LogP contribution in [0.1, 0.15) is 29.3 Å². The van der Waals surface area contributed by atoms with Crippen LogP contribution < -0.4 is 9.47 Å². The van der Waals surface area contributed by atoms with Crippen LogP contribution in [0.25, 0.3) is 10.8 Å². The van der Waals surface area contributed by atoms with Crippen LogP contribution in [0.3, 0.4) is 0 Å². The average Bonchev–Trinajstić information content (AvgIpc) is 3.28. The molecule has 1 aliphatic heterocycles. The van der Waals surface area contributed by atoms with E-state index in [0.717, 1.165) is 34.8 Å². The van der Waals surface area contributed by atoms with E-state index < -0.39 is 0 Å². The third-order valence-corrected chi connectivity index (χ3v) is 6.26. The number of hydrogen-bond donors (Lipinski definition) is 0. The van der Waals surface area contributed by atoms with Crippen molar-refractivity contribution in [2.45, 2.75) is 25.4 Å². The van der Waals surface area contributed by atoms with Crippen LogP contribution in [0, 0.1) is 0 Å². The minimum atomic E-state index is -0.255. The Morgan fingerprint density at radius 3 is 2.61 bits per heavy atom. The summed E-state index contributed by atoms with van der Waals surface area (Å²) in [7, 11) is 4.65. The molecule has 1 atom stereocenters. The minimum Gasteiger partial charge on any atom is -0.493 e. The van der Waals surface area contributed by atoms with Crippen molar-refractivity contribution in [1.82, 2.24) is 19.9 Å². The molecule has 2 aromatic heterocycles. The summed E-state index contributed by atoms with van der Waals surface area (Å²) in [6.07, 6.45) is 4.50. The highest BCUT2D eigenvalue weighted by molar-refractivity contribution is 7.13. The number of methoxy groups -OCH3 is 3. The number of fused-ring (bicyclic) bond motifs is 1. The lowest BCUT2D eigenvalue weighted by atomic mass is 9.90. The van der Waals surface area contributed by atoms with Crippen molar-refractivity contribution in [3.05, 3.63) is 52.8 Å². The lowest BCUT2D eigenvalue weighted by molar-refractivity contribution is -0.142. The van der Waals surface area contributed by atoms with Crippen LogP contribution in [0.4, 0.5) is 0 Å². The van der Waals surface area contributed by atoms with Gasteiger partial charge in [0.2, 0.25) is 0 Å². The van der Waals surface area contributed by atoms with Crippen molar-refractivity contribution in [3.63, 3.8) is 0 Å². The molecule has 0 unspecified atom stereocenters. The summed E-state index contributed by atoms with van der Waals surface area (Å²) in [4.78, 5) is 27.7. The number of benzene rings is 1. The van der Waals surface area contributed by atoms with E-state index in [1.165, 1.54) is 18.4 Å². The Morgan fingerprint density at radius 2 is 1.90 bits per heavy atom. The molecule has 0 N–H and O–H groups in total. The summed E-state index contributed by atoms with van der Waals surface area (Å²) in [5.74, 6) is 1.70. The number of hydrogen-bond acceptors (Lipinski definition) is 9. The van der Waals surface area contributed by atoms with E-state index in [2.05, 4.69) is 14.9 Å². The normalized spacial score (nSPS) is 15.9. The monoisotopic (exact) mass is 440 g/mol. The standard InChI is InChI=1S/C22H24N4O4S/c1-28-18-9-14-5-8-26(17(11-20(27)30-3)16(14)10-19(18)29-2)12-15-13-31-22(25-15)21-23-6-4-7-24-21/h4,6-7,9-10,13,17H,5,8,11-12H2,1-3H3/t17-/m1/s1. The van der Waals surface area contributed by atoms with Crippen molar-refractivity contribution >= 4 is 17.3 Å². The molecule has 0 radical (unpaired) electrons. The summed E-state index contributed by atoms with van der Waals surface area (Å²) in [6.45, 7) is 1.40. The highest BCUT2D eigenvalue weighted by Crippen LogP contribution is 2.40. The summed E-state index contributed by atoms with van der Waals surface area (Å²) < 4.78 is 15.9. The van der Waals surface area contributed by atoms with Gasteiger partial charge in [-0.15, -0.1) is 11.3 Å². The molecule has 162 valence electrons. The van der Waals surface area contributed by atoms with Crippen LogP contribution in [0.5, 0.6) is 11.5 Å². The fourth-order valence-corrected chi connectivity index (χ4v) is 4.61. The molecule has 3 heterocycles. The van der Waals surface area contributed by atoms with E-state index in [9.17, 15) is 4.79 Å². The van der Waals surface area contributed by atoms with Gasteiger partial charge < -0.3 is 14.2 Å². The maximum absolute atomic E-state index is 12.2. The lowest BCUT2D eigenvalue weighted by Gasteiger charge is -2.37. The summed E-state index contributed by atoms with van der Waals surface area (Å²) in [6, 6.07) is 5.61. The third kappa shape index (κ3) is 4.52. The molecule has 31 heavy (non-hydrogen) atoms. The van der Waals surface area contributed by atoms with Gasteiger partial charge in [-0.25, -0.2) is 15.0 Å². The van der Waals surface area contributed by atoms with E-state index in [-0.39, 0.29) is 18.4 Å². The Kier molecular flexibility index (Phi) is 6.43. The predicted molar refractivity (Wildman–Crippen MR) is 116 cm³/mol. The highest BCUT2D eigenvalue weighted by Gasteiger charge is 2.31. The van der Waals surface area contributed by atoms with E-state index >= 15 is 0 Å². The van der Waals surface area contributed by atoms with Crippen LogP contribution in [-0.4, -0.2) is 53.7 Å². The highest BCUT2D eigenvalue weighted by atomic mass is 32.1. The summed E-state index contributed by atoms with van der Waals surface area (Å²) >= 11 is 1.52. The predicted octanol–water partition coefficient (Wildman–Crippen LogP) is 3.28. The number of carbonyl (C=O) groups is 1. The van der Waals surface area contributed by atoms with Gasteiger partial charge in [0.1, 0.15) is 0 Å². The van der Waals surface area contributed by atoms with Gasteiger partial charge >= 0.3 is 5.97 Å². The molecule has 0 aliphatic carbocycles. The molecule has 1 aromatic carbocycles. The lowest BCUT2D eigenvalue weighted by Crippen LogP contribution is -2.36. The molecule has 4 rings (SSSR count). The van der Waals surface area contributed by atoms with Crippen molar-refractivity contribution in [1.29, 1.82) is 0 Å². The second kappa shape index (κ2) is 9.40. The Hall–Kier alpha value is -3.04. The molecule has 8 nitrogen and oxygen atoms in total. The Labute approximate surface area is 184 Å². The van der Waals surface area contributed by atoms with Gasteiger partial charge in [-0.2, -0.15) is 0 Å². The topological polar surface area (TPSA) is 86.7 Å². The zero-order valence-electron chi connectivity index (χ0n) is 17.7. The van der Waals surface area contributed by atoms with Crippen LogP contribution in [0.15, 0.2) is 36.0 Å². The number of carbonyl (C=O) groups excluding carboxylic acids is 1. The van der Waals surface area contributed by atoms with E-state index in [4.69, 9.17) is 19.2 Å². The Morgan fingerprint density at radius 1 is 1.16 bits per heavy atom. The van der Waals surface area contributed by atoms with Gasteiger partial charge in [0, 0.05) is 36.9 Å². The molecule has 0 saturated carbocycles. The largest absolute Gasteiger partial charge is 0.493 e. The van der Waals surface area contributed by atoms with E-state index in [1.807, 2.05) is 17.5 Å². The molecule has 0 amide bonds. The van der Waals surface area contributed by atoms with Gasteiger partial charge in [0.25, 0.3) is 0 Å². The first-order valence-electron chi connectivity index (χ1n) is 9.90. The third-order valence-electron chi connectivity index (χ3n) is 5.38. The molecular formula is C22H24N4O4S.